The largest absolute Gasteiger partial charge is 0.507 e. The predicted octanol–water partition coefficient (Wildman–Crippen LogP) is 5.30. The predicted molar refractivity (Wildman–Crippen MR) is 143 cm³/mol. The number of benzene rings is 2. The van der Waals surface area contributed by atoms with Crippen molar-refractivity contribution in [3.8, 4) is 17.2 Å². The molecule has 38 heavy (non-hydrogen) atoms. The quantitative estimate of drug-likeness (QED) is 0.163. The maximum atomic E-state index is 13.4. The Morgan fingerprint density at radius 1 is 1.08 bits per heavy atom. The van der Waals surface area contributed by atoms with E-state index in [4.69, 9.17) is 9.47 Å². The first-order valence-corrected chi connectivity index (χ1v) is 12.7. The Morgan fingerprint density at radius 2 is 1.89 bits per heavy atom. The van der Waals surface area contributed by atoms with Gasteiger partial charge in [0.05, 0.1) is 24.8 Å². The highest BCUT2D eigenvalue weighted by atomic mass is 16.5. The van der Waals surface area contributed by atoms with Crippen molar-refractivity contribution in [1.82, 2.24) is 9.88 Å². The minimum Gasteiger partial charge on any atom is -0.507 e. The van der Waals surface area contributed by atoms with Gasteiger partial charge in [-0.1, -0.05) is 25.5 Å². The molecule has 0 spiro atoms. The normalized spacial score (nSPS) is 16.6. The van der Waals surface area contributed by atoms with Gasteiger partial charge in [-0.15, -0.1) is 0 Å². The highest BCUT2D eigenvalue weighted by molar-refractivity contribution is 6.46. The van der Waals surface area contributed by atoms with Crippen LogP contribution in [0.25, 0.3) is 5.76 Å². The van der Waals surface area contributed by atoms with Gasteiger partial charge in [0.2, 0.25) is 0 Å². The van der Waals surface area contributed by atoms with Crippen LogP contribution in [-0.2, 0) is 16.1 Å². The average molecular weight is 517 g/mol. The third-order valence-electron chi connectivity index (χ3n) is 6.43. The number of phenols is 1. The molecule has 1 aliphatic heterocycles. The van der Waals surface area contributed by atoms with E-state index in [1.54, 1.807) is 55.7 Å². The van der Waals surface area contributed by atoms with E-state index in [0.29, 0.717) is 35.7 Å². The number of aliphatic hydroxyl groups excluding tert-OH is 1. The van der Waals surface area contributed by atoms with Crippen LogP contribution in [0.2, 0.25) is 0 Å². The summed E-state index contributed by atoms with van der Waals surface area (Å²) in [5, 5.41) is 21.7. The number of rotatable bonds is 10. The van der Waals surface area contributed by atoms with Gasteiger partial charge in [0, 0.05) is 24.5 Å². The summed E-state index contributed by atoms with van der Waals surface area (Å²) in [6, 6.07) is 12.6. The molecule has 0 aliphatic carbocycles. The number of ether oxygens (including phenoxy) is 2. The smallest absolute Gasteiger partial charge is 0.295 e. The van der Waals surface area contributed by atoms with Crippen LogP contribution in [-0.4, -0.2) is 45.0 Å². The lowest BCUT2D eigenvalue weighted by Gasteiger charge is -2.26. The van der Waals surface area contributed by atoms with Crippen molar-refractivity contribution < 1.29 is 29.3 Å². The number of carbonyl (C=O) groups excluding carboxylic acids is 2. The molecule has 0 bridgehead atoms. The maximum absolute atomic E-state index is 13.4. The molecule has 1 amide bonds. The topological polar surface area (TPSA) is 109 Å². The molecule has 1 fully saturated rings. The number of likely N-dealkylation sites (tertiary alicyclic amines) is 1. The minimum atomic E-state index is -0.908. The molecule has 2 N–H and O–H groups in total. The third kappa shape index (κ3) is 5.49. The summed E-state index contributed by atoms with van der Waals surface area (Å²) >= 11 is 0. The first kappa shape index (κ1) is 26.7. The minimum absolute atomic E-state index is 0.0326. The molecule has 0 saturated carbocycles. The number of hydrogen-bond acceptors (Lipinski definition) is 7. The van der Waals surface area contributed by atoms with Gasteiger partial charge in [-0.3, -0.25) is 14.6 Å². The second-order valence-electron chi connectivity index (χ2n) is 9.13. The van der Waals surface area contributed by atoms with Crippen LogP contribution >= 0.6 is 0 Å². The molecular weight excluding hydrogens is 484 g/mol. The van der Waals surface area contributed by atoms with Crippen LogP contribution in [0.3, 0.4) is 0 Å². The number of aromatic nitrogens is 1. The molecule has 1 saturated heterocycles. The van der Waals surface area contributed by atoms with Crippen molar-refractivity contribution in [3.05, 3.63) is 88.8 Å². The molecule has 0 unspecified atom stereocenters. The van der Waals surface area contributed by atoms with Crippen LogP contribution in [0, 0.1) is 6.92 Å². The molecular formula is C30H32N2O6. The summed E-state index contributed by atoms with van der Waals surface area (Å²) in [6.45, 7) is 6.70. The number of phenolic OH excluding ortho intramolecular Hbond substituents is 1. The molecule has 1 aliphatic rings. The molecule has 2 heterocycles. The van der Waals surface area contributed by atoms with E-state index in [0.717, 1.165) is 18.4 Å². The van der Waals surface area contributed by atoms with Gasteiger partial charge in [0.1, 0.15) is 11.5 Å². The van der Waals surface area contributed by atoms with Crippen molar-refractivity contribution in [2.75, 3.05) is 13.2 Å². The van der Waals surface area contributed by atoms with Crippen molar-refractivity contribution in [2.45, 2.75) is 46.2 Å². The highest BCUT2D eigenvalue weighted by Gasteiger charge is 2.46. The summed E-state index contributed by atoms with van der Waals surface area (Å²) < 4.78 is 11.3. The highest BCUT2D eigenvalue weighted by Crippen LogP contribution is 2.43. The Balaban J connectivity index is 1.82. The van der Waals surface area contributed by atoms with Gasteiger partial charge >= 0.3 is 0 Å². The van der Waals surface area contributed by atoms with E-state index in [2.05, 4.69) is 11.9 Å². The first-order chi connectivity index (χ1) is 18.3. The SMILES string of the molecule is CCCCOc1ccc(C(O)=C2C(=O)C(=O)N(Cc3cccnc3)[C@@H]2c2ccc(O)c(OCC)c2)c(C)c1. The Morgan fingerprint density at radius 3 is 2.58 bits per heavy atom. The molecule has 3 aromatic rings. The molecule has 2 aromatic carbocycles. The van der Waals surface area contributed by atoms with E-state index in [9.17, 15) is 19.8 Å². The molecule has 4 rings (SSSR count). The van der Waals surface area contributed by atoms with Gasteiger partial charge < -0.3 is 24.6 Å². The number of nitrogens with zero attached hydrogens (tertiary/aromatic N) is 2. The van der Waals surface area contributed by atoms with Crippen LogP contribution in [0.15, 0.2) is 66.5 Å². The van der Waals surface area contributed by atoms with Crippen LogP contribution in [0.4, 0.5) is 0 Å². The zero-order valence-electron chi connectivity index (χ0n) is 21.8. The van der Waals surface area contributed by atoms with Crippen molar-refractivity contribution >= 4 is 17.4 Å². The van der Waals surface area contributed by atoms with Gasteiger partial charge in [0.25, 0.3) is 11.7 Å². The third-order valence-corrected chi connectivity index (χ3v) is 6.43. The van der Waals surface area contributed by atoms with Crippen molar-refractivity contribution in [2.24, 2.45) is 0 Å². The monoisotopic (exact) mass is 516 g/mol. The molecule has 1 aromatic heterocycles. The number of aromatic hydroxyl groups is 1. The second kappa shape index (κ2) is 11.8. The van der Waals surface area contributed by atoms with Crippen LogP contribution in [0.1, 0.15) is 55.0 Å². The van der Waals surface area contributed by atoms with E-state index < -0.39 is 17.7 Å². The molecule has 198 valence electrons. The maximum Gasteiger partial charge on any atom is 0.295 e. The lowest BCUT2D eigenvalue weighted by Crippen LogP contribution is -2.29. The second-order valence-corrected chi connectivity index (χ2v) is 9.13. The lowest BCUT2D eigenvalue weighted by molar-refractivity contribution is -0.140. The number of aliphatic hydroxyl groups is 1. The summed E-state index contributed by atoms with van der Waals surface area (Å²) in [7, 11) is 0. The van der Waals surface area contributed by atoms with Gasteiger partial charge in [-0.2, -0.15) is 0 Å². The zero-order chi connectivity index (χ0) is 27.2. The fraction of sp³-hybridized carbons (Fsp3) is 0.300. The molecule has 0 radical (unpaired) electrons. The lowest BCUT2D eigenvalue weighted by atomic mass is 9.93. The molecule has 1 atom stereocenters. The summed E-state index contributed by atoms with van der Waals surface area (Å²) in [4.78, 5) is 32.2. The Bertz CT molecular complexity index is 1350. The van der Waals surface area contributed by atoms with Crippen LogP contribution in [0.5, 0.6) is 17.2 Å². The number of ketones is 1. The zero-order valence-corrected chi connectivity index (χ0v) is 21.8. The van der Waals surface area contributed by atoms with Crippen molar-refractivity contribution in [3.63, 3.8) is 0 Å². The number of aryl methyl sites for hydroxylation is 1. The fourth-order valence-electron chi connectivity index (χ4n) is 4.52. The van der Waals surface area contributed by atoms with E-state index in [1.807, 2.05) is 13.0 Å². The Hall–Kier alpha value is -4.33. The number of pyridine rings is 1. The number of Topliss-reactive ketones (excluding diaryl/α,β-unsaturated/α-hetero) is 1. The number of unbranched alkanes of at least 4 members (excludes halogenated alkanes) is 1. The summed E-state index contributed by atoms with van der Waals surface area (Å²) in [6.07, 6.45) is 5.19. The number of carbonyl (C=O) groups is 2. The summed E-state index contributed by atoms with van der Waals surface area (Å²) in [5.41, 5.74) is 2.35. The summed E-state index contributed by atoms with van der Waals surface area (Å²) in [5.74, 6) is -0.962. The Kier molecular flexibility index (Phi) is 8.31. The van der Waals surface area contributed by atoms with Gasteiger partial charge in [0.15, 0.2) is 11.5 Å². The average Bonchev–Trinajstić information content (AvgIpc) is 3.15. The van der Waals surface area contributed by atoms with E-state index >= 15 is 0 Å². The number of hydrogen-bond donors (Lipinski definition) is 2. The van der Waals surface area contributed by atoms with Gasteiger partial charge in [-0.05, 0) is 73.4 Å². The number of amides is 1. The van der Waals surface area contributed by atoms with E-state index in [-0.39, 0.29) is 29.4 Å². The molecule has 8 nitrogen and oxygen atoms in total. The first-order valence-electron chi connectivity index (χ1n) is 12.7. The standard InChI is InChI=1S/C30H32N2O6/c1-4-6-14-38-22-10-11-23(19(3)15-22)28(34)26-27(21-9-12-24(33)25(16-21)37-5-2)32(30(36)29(26)35)18-20-8-7-13-31-17-20/h7-13,15-17,27,33-34H,4-6,14,18H2,1-3H3/t27-/m1/s1. The fourth-order valence-corrected chi connectivity index (χ4v) is 4.52. The molecule has 8 heteroatoms. The Labute approximate surface area is 222 Å². The van der Waals surface area contributed by atoms with Gasteiger partial charge in [-0.25, -0.2) is 0 Å². The van der Waals surface area contributed by atoms with Crippen LogP contribution < -0.4 is 9.47 Å². The van der Waals surface area contributed by atoms with E-state index in [1.165, 1.54) is 11.0 Å². The van der Waals surface area contributed by atoms with Crippen molar-refractivity contribution in [1.29, 1.82) is 0 Å².